The van der Waals surface area contributed by atoms with E-state index in [2.05, 4.69) is 6.92 Å². The van der Waals surface area contributed by atoms with Crippen LogP contribution in [0.5, 0.6) is 0 Å². The summed E-state index contributed by atoms with van der Waals surface area (Å²) in [5, 5.41) is 0.579. The van der Waals surface area contributed by atoms with E-state index < -0.39 is 0 Å². The van der Waals surface area contributed by atoms with Crippen molar-refractivity contribution in [3.05, 3.63) is 34.9 Å². The number of hydrogen-bond acceptors (Lipinski definition) is 1. The van der Waals surface area contributed by atoms with Crippen molar-refractivity contribution in [2.75, 3.05) is 0 Å². The average molecular weight is 223 g/mol. The molecule has 1 fully saturated rings. The second-order valence-electron chi connectivity index (χ2n) is 4.58. The fourth-order valence-corrected chi connectivity index (χ4v) is 2.57. The quantitative estimate of drug-likeness (QED) is 0.689. The summed E-state index contributed by atoms with van der Waals surface area (Å²) in [7, 11) is 0. The molecule has 0 spiro atoms. The maximum Gasteiger partial charge on any atom is 0.170 e. The minimum absolute atomic E-state index is 0.176. The predicted molar refractivity (Wildman–Crippen MR) is 62.4 cm³/mol. The van der Waals surface area contributed by atoms with Crippen LogP contribution in [0, 0.1) is 5.41 Å². The van der Waals surface area contributed by atoms with Crippen LogP contribution in [-0.2, 0) is 0 Å². The fourth-order valence-electron chi connectivity index (χ4n) is 2.35. The zero-order valence-electron chi connectivity index (χ0n) is 8.92. The molecule has 80 valence electrons. The number of benzene rings is 1. The average Bonchev–Trinajstić information content (AvgIpc) is 2.66. The number of Topliss-reactive ketones (excluding diaryl/α,β-unsaturated/α-hetero) is 1. The van der Waals surface area contributed by atoms with Crippen LogP contribution < -0.4 is 0 Å². The van der Waals surface area contributed by atoms with Gasteiger partial charge in [-0.3, -0.25) is 4.79 Å². The zero-order valence-corrected chi connectivity index (χ0v) is 9.68. The van der Waals surface area contributed by atoms with Crippen LogP contribution in [0.4, 0.5) is 0 Å². The van der Waals surface area contributed by atoms with Gasteiger partial charge in [0.15, 0.2) is 5.78 Å². The Balaban J connectivity index is 2.32. The predicted octanol–water partition coefficient (Wildman–Crippen LogP) is 4.10. The van der Waals surface area contributed by atoms with Gasteiger partial charge in [0.25, 0.3) is 0 Å². The third-order valence-electron chi connectivity index (χ3n) is 3.37. The van der Waals surface area contributed by atoms with Gasteiger partial charge < -0.3 is 0 Å². The summed E-state index contributed by atoms with van der Waals surface area (Å²) in [6.07, 6.45) is 4.31. The van der Waals surface area contributed by atoms with Gasteiger partial charge in [-0.15, -0.1) is 0 Å². The van der Waals surface area contributed by atoms with Crippen molar-refractivity contribution in [3.8, 4) is 0 Å². The minimum atomic E-state index is -0.176. The first kappa shape index (κ1) is 10.7. The van der Waals surface area contributed by atoms with Crippen LogP contribution in [0.3, 0.4) is 0 Å². The van der Waals surface area contributed by atoms with Gasteiger partial charge in [-0.2, -0.15) is 0 Å². The third kappa shape index (κ3) is 1.93. The summed E-state index contributed by atoms with van der Waals surface area (Å²) in [6, 6.07) is 7.34. The van der Waals surface area contributed by atoms with E-state index in [9.17, 15) is 4.79 Å². The van der Waals surface area contributed by atoms with Crippen molar-refractivity contribution >= 4 is 17.4 Å². The molecule has 0 radical (unpaired) electrons. The first-order valence-electron chi connectivity index (χ1n) is 5.43. The fraction of sp³-hybridized carbons (Fsp3) is 0.462. The van der Waals surface area contributed by atoms with Crippen LogP contribution in [0.2, 0.25) is 5.02 Å². The first-order valence-corrected chi connectivity index (χ1v) is 5.81. The molecule has 0 saturated heterocycles. The van der Waals surface area contributed by atoms with Crippen LogP contribution >= 0.6 is 11.6 Å². The standard InChI is InChI=1S/C13H15ClO/c1-13(8-4-5-9-13)12(15)10-6-2-3-7-11(10)14/h2-3,6-7H,4-5,8-9H2,1H3. The minimum Gasteiger partial charge on any atom is -0.294 e. The lowest BCUT2D eigenvalue weighted by Gasteiger charge is -2.22. The smallest absolute Gasteiger partial charge is 0.170 e. The molecule has 1 aromatic rings. The topological polar surface area (TPSA) is 17.1 Å². The van der Waals surface area contributed by atoms with Gasteiger partial charge in [0.2, 0.25) is 0 Å². The number of rotatable bonds is 2. The van der Waals surface area contributed by atoms with Crippen LogP contribution in [0.1, 0.15) is 43.0 Å². The van der Waals surface area contributed by atoms with Crippen molar-refractivity contribution < 1.29 is 4.79 Å². The van der Waals surface area contributed by atoms with E-state index in [1.54, 1.807) is 6.07 Å². The van der Waals surface area contributed by atoms with Gasteiger partial charge in [-0.05, 0) is 25.0 Å². The highest BCUT2D eigenvalue weighted by atomic mass is 35.5. The summed E-state index contributed by atoms with van der Waals surface area (Å²) in [4.78, 5) is 12.3. The Bertz CT molecular complexity index is 378. The van der Waals surface area contributed by atoms with Gasteiger partial charge in [0.05, 0.1) is 5.02 Å². The monoisotopic (exact) mass is 222 g/mol. The van der Waals surface area contributed by atoms with E-state index in [1.807, 2.05) is 18.2 Å². The molecule has 0 unspecified atom stereocenters. The van der Waals surface area contributed by atoms with Crippen molar-refractivity contribution in [3.63, 3.8) is 0 Å². The molecule has 0 aliphatic heterocycles. The summed E-state index contributed by atoms with van der Waals surface area (Å²) < 4.78 is 0. The van der Waals surface area contributed by atoms with Gasteiger partial charge in [-0.25, -0.2) is 0 Å². The highest BCUT2D eigenvalue weighted by Crippen LogP contribution is 2.41. The van der Waals surface area contributed by atoms with E-state index >= 15 is 0 Å². The Hall–Kier alpha value is -0.820. The van der Waals surface area contributed by atoms with Crippen molar-refractivity contribution in [1.29, 1.82) is 0 Å². The van der Waals surface area contributed by atoms with Gasteiger partial charge >= 0.3 is 0 Å². The van der Waals surface area contributed by atoms with Gasteiger partial charge in [0, 0.05) is 11.0 Å². The summed E-state index contributed by atoms with van der Waals surface area (Å²) in [6.45, 7) is 2.06. The third-order valence-corrected chi connectivity index (χ3v) is 3.70. The molecule has 1 aromatic carbocycles. The van der Waals surface area contributed by atoms with Crippen molar-refractivity contribution in [2.24, 2.45) is 5.41 Å². The summed E-state index contributed by atoms with van der Waals surface area (Å²) in [5.41, 5.74) is 0.508. The van der Waals surface area contributed by atoms with E-state index in [1.165, 1.54) is 0 Å². The molecule has 15 heavy (non-hydrogen) atoms. The number of halogens is 1. The van der Waals surface area contributed by atoms with E-state index in [4.69, 9.17) is 11.6 Å². The largest absolute Gasteiger partial charge is 0.294 e. The van der Waals surface area contributed by atoms with Crippen LogP contribution in [0.25, 0.3) is 0 Å². The first-order chi connectivity index (χ1) is 7.13. The molecule has 0 bridgehead atoms. The maximum absolute atomic E-state index is 12.3. The lowest BCUT2D eigenvalue weighted by molar-refractivity contribution is 0.0823. The second-order valence-corrected chi connectivity index (χ2v) is 4.98. The zero-order chi connectivity index (χ0) is 10.9. The lowest BCUT2D eigenvalue weighted by atomic mass is 9.81. The molecular weight excluding hydrogens is 208 g/mol. The summed E-state index contributed by atoms with van der Waals surface area (Å²) in [5.74, 6) is 0.214. The Morgan fingerprint density at radius 3 is 2.47 bits per heavy atom. The van der Waals surface area contributed by atoms with Crippen molar-refractivity contribution in [2.45, 2.75) is 32.6 Å². The molecular formula is C13H15ClO. The highest BCUT2D eigenvalue weighted by Gasteiger charge is 2.37. The molecule has 2 rings (SSSR count). The molecule has 0 amide bonds. The Morgan fingerprint density at radius 1 is 1.27 bits per heavy atom. The lowest BCUT2D eigenvalue weighted by Crippen LogP contribution is -2.24. The molecule has 1 nitrogen and oxygen atoms in total. The normalized spacial score (nSPS) is 19.1. The van der Waals surface area contributed by atoms with E-state index in [-0.39, 0.29) is 11.2 Å². The molecule has 0 aromatic heterocycles. The Morgan fingerprint density at radius 2 is 1.87 bits per heavy atom. The molecule has 1 aliphatic rings. The number of ketones is 1. The van der Waals surface area contributed by atoms with Crippen LogP contribution in [-0.4, -0.2) is 5.78 Å². The van der Waals surface area contributed by atoms with Gasteiger partial charge in [-0.1, -0.05) is 43.5 Å². The molecule has 0 N–H and O–H groups in total. The SMILES string of the molecule is CC1(C(=O)c2ccccc2Cl)CCCC1. The highest BCUT2D eigenvalue weighted by molar-refractivity contribution is 6.34. The van der Waals surface area contributed by atoms with Crippen molar-refractivity contribution in [1.82, 2.24) is 0 Å². The molecule has 1 saturated carbocycles. The summed E-state index contributed by atoms with van der Waals surface area (Å²) >= 11 is 6.04. The van der Waals surface area contributed by atoms with Gasteiger partial charge in [0.1, 0.15) is 0 Å². The maximum atomic E-state index is 12.3. The Labute approximate surface area is 95.4 Å². The molecule has 1 aliphatic carbocycles. The number of carbonyl (C=O) groups is 1. The van der Waals surface area contributed by atoms with E-state index in [0.717, 1.165) is 25.7 Å². The molecule has 2 heteroatoms. The number of carbonyl (C=O) groups excluding carboxylic acids is 1. The van der Waals surface area contributed by atoms with E-state index in [0.29, 0.717) is 10.6 Å². The molecule has 0 heterocycles. The molecule has 0 atom stereocenters. The Kier molecular flexibility index (Phi) is 2.83. The number of hydrogen-bond donors (Lipinski definition) is 0. The van der Waals surface area contributed by atoms with Crippen LogP contribution in [0.15, 0.2) is 24.3 Å². The second kappa shape index (κ2) is 3.97.